The van der Waals surface area contributed by atoms with Gasteiger partial charge in [0, 0.05) is 29.1 Å². The minimum atomic E-state index is 0.625. The monoisotopic (exact) mass is 233 g/mol. The van der Waals surface area contributed by atoms with Crippen LogP contribution in [0.5, 0.6) is 0 Å². The molecule has 0 aliphatic heterocycles. The topological polar surface area (TPSA) is 54.7 Å². The number of benzene rings is 1. The number of nitrogens with zero attached hydrogens (tertiary/aromatic N) is 1. The lowest BCUT2D eigenvalue weighted by molar-refractivity contribution is 0.886. The van der Waals surface area contributed by atoms with Crippen molar-refractivity contribution in [1.82, 2.24) is 9.97 Å². The van der Waals surface area contributed by atoms with Gasteiger partial charge in [0.05, 0.1) is 5.69 Å². The van der Waals surface area contributed by atoms with Crippen molar-refractivity contribution in [2.45, 2.75) is 12.8 Å². The lowest BCUT2D eigenvalue weighted by Gasteiger charge is -1.99. The first-order valence-corrected chi connectivity index (χ1v) is 5.72. The molecule has 1 aliphatic carbocycles. The molecule has 2 aromatic rings. The number of aromatic nitrogens is 2. The molecular weight excluding hydrogens is 222 g/mol. The summed E-state index contributed by atoms with van der Waals surface area (Å²) in [6.45, 7) is 0.625. The number of halogens is 1. The second-order valence-electron chi connectivity index (χ2n) is 4.03. The molecule has 0 radical (unpaired) electrons. The van der Waals surface area contributed by atoms with E-state index in [1.54, 1.807) is 0 Å². The first-order valence-electron chi connectivity index (χ1n) is 5.34. The summed E-state index contributed by atoms with van der Waals surface area (Å²) in [7, 11) is 0. The first-order chi connectivity index (χ1) is 7.78. The van der Waals surface area contributed by atoms with Crippen LogP contribution in [0.25, 0.3) is 11.3 Å². The van der Waals surface area contributed by atoms with E-state index in [9.17, 15) is 0 Å². The molecule has 1 aliphatic rings. The summed E-state index contributed by atoms with van der Waals surface area (Å²) in [6, 6.07) is 5.96. The summed E-state index contributed by atoms with van der Waals surface area (Å²) in [4.78, 5) is 7.90. The van der Waals surface area contributed by atoms with Crippen LogP contribution in [0.1, 0.15) is 17.1 Å². The minimum absolute atomic E-state index is 0.625. The summed E-state index contributed by atoms with van der Waals surface area (Å²) in [5.41, 5.74) is 10.2. The van der Waals surface area contributed by atoms with E-state index in [0.29, 0.717) is 6.54 Å². The molecule has 1 aromatic heterocycles. The third-order valence-corrected chi connectivity index (χ3v) is 3.13. The highest BCUT2D eigenvalue weighted by Crippen LogP contribution is 2.36. The van der Waals surface area contributed by atoms with E-state index >= 15 is 0 Å². The molecule has 3 nitrogen and oxygen atoms in total. The molecule has 0 amide bonds. The van der Waals surface area contributed by atoms with E-state index in [4.69, 9.17) is 17.3 Å². The fourth-order valence-corrected chi connectivity index (χ4v) is 2.39. The number of nitrogens with one attached hydrogen (secondary N) is 1. The van der Waals surface area contributed by atoms with Crippen molar-refractivity contribution in [1.29, 1.82) is 0 Å². The maximum Gasteiger partial charge on any atom is 0.108 e. The fourth-order valence-electron chi connectivity index (χ4n) is 2.20. The number of imidazole rings is 1. The molecule has 4 heteroatoms. The molecule has 0 bridgehead atoms. The van der Waals surface area contributed by atoms with Crippen LogP contribution in [-0.2, 0) is 12.8 Å². The van der Waals surface area contributed by atoms with Gasteiger partial charge in [0.15, 0.2) is 0 Å². The normalized spacial score (nSPS) is 12.6. The largest absolute Gasteiger partial charge is 0.345 e. The Hall–Kier alpha value is -1.32. The molecule has 0 spiro atoms. The van der Waals surface area contributed by atoms with Gasteiger partial charge in [-0.15, -0.1) is 0 Å². The van der Waals surface area contributed by atoms with Crippen LogP contribution < -0.4 is 5.73 Å². The quantitative estimate of drug-likeness (QED) is 0.713. The van der Waals surface area contributed by atoms with Crippen molar-refractivity contribution >= 4 is 11.6 Å². The molecule has 0 atom stereocenters. The smallest absolute Gasteiger partial charge is 0.108 e. The van der Waals surface area contributed by atoms with Gasteiger partial charge in [0.25, 0.3) is 0 Å². The van der Waals surface area contributed by atoms with E-state index in [1.807, 2.05) is 18.2 Å². The zero-order chi connectivity index (χ0) is 11.1. The van der Waals surface area contributed by atoms with E-state index in [-0.39, 0.29) is 0 Å². The van der Waals surface area contributed by atoms with E-state index < -0.39 is 0 Å². The standard InChI is InChI=1S/C12H12ClN3/c13-8-1-2-9-7(5-8)6-10-12(9)16-11(15-10)3-4-14/h1-2,5H,3-4,6,14H2,(H,15,16). The Morgan fingerprint density at radius 2 is 2.31 bits per heavy atom. The van der Waals surface area contributed by atoms with Crippen LogP contribution >= 0.6 is 11.6 Å². The van der Waals surface area contributed by atoms with Gasteiger partial charge in [0.1, 0.15) is 5.82 Å². The summed E-state index contributed by atoms with van der Waals surface area (Å²) in [5, 5.41) is 0.783. The molecule has 1 aromatic carbocycles. The third kappa shape index (κ3) is 1.44. The zero-order valence-corrected chi connectivity index (χ0v) is 9.51. The van der Waals surface area contributed by atoms with E-state index in [1.165, 1.54) is 16.8 Å². The lowest BCUT2D eigenvalue weighted by atomic mass is 10.1. The average Bonchev–Trinajstić information content (AvgIpc) is 2.74. The van der Waals surface area contributed by atoms with Crippen molar-refractivity contribution < 1.29 is 0 Å². The van der Waals surface area contributed by atoms with Gasteiger partial charge < -0.3 is 10.7 Å². The second-order valence-corrected chi connectivity index (χ2v) is 4.46. The van der Waals surface area contributed by atoms with Gasteiger partial charge in [-0.25, -0.2) is 4.98 Å². The van der Waals surface area contributed by atoms with Crippen LogP contribution in [0.3, 0.4) is 0 Å². The number of H-pyrrole nitrogens is 1. The van der Waals surface area contributed by atoms with Crippen LogP contribution in [0.2, 0.25) is 5.02 Å². The second kappa shape index (κ2) is 3.61. The lowest BCUT2D eigenvalue weighted by Crippen LogP contribution is -2.04. The van der Waals surface area contributed by atoms with Crippen molar-refractivity contribution in [2.24, 2.45) is 5.73 Å². The van der Waals surface area contributed by atoms with Crippen molar-refractivity contribution in [3.63, 3.8) is 0 Å². The Bertz CT molecular complexity index is 545. The van der Waals surface area contributed by atoms with Gasteiger partial charge in [-0.2, -0.15) is 0 Å². The van der Waals surface area contributed by atoms with E-state index in [0.717, 1.165) is 29.4 Å². The molecule has 16 heavy (non-hydrogen) atoms. The predicted molar refractivity (Wildman–Crippen MR) is 64.6 cm³/mol. The third-order valence-electron chi connectivity index (χ3n) is 2.90. The number of rotatable bonds is 2. The van der Waals surface area contributed by atoms with Crippen LogP contribution in [-0.4, -0.2) is 16.5 Å². The maximum absolute atomic E-state index is 5.97. The maximum atomic E-state index is 5.97. The Kier molecular flexibility index (Phi) is 2.23. The zero-order valence-electron chi connectivity index (χ0n) is 8.76. The molecule has 0 saturated carbocycles. The Morgan fingerprint density at radius 3 is 3.12 bits per heavy atom. The minimum Gasteiger partial charge on any atom is -0.345 e. The van der Waals surface area contributed by atoms with Gasteiger partial charge in [-0.05, 0) is 24.2 Å². The van der Waals surface area contributed by atoms with Crippen LogP contribution in [0.4, 0.5) is 0 Å². The fraction of sp³-hybridized carbons (Fsp3) is 0.250. The molecule has 0 fully saturated rings. The number of nitrogens with two attached hydrogens (primary N) is 1. The first kappa shape index (κ1) is 9.87. The average molecular weight is 234 g/mol. The van der Waals surface area contributed by atoms with Gasteiger partial charge in [-0.3, -0.25) is 0 Å². The molecule has 0 saturated heterocycles. The summed E-state index contributed by atoms with van der Waals surface area (Å²) < 4.78 is 0. The Labute approximate surface area is 98.6 Å². The summed E-state index contributed by atoms with van der Waals surface area (Å²) in [6.07, 6.45) is 1.69. The highest BCUT2D eigenvalue weighted by Gasteiger charge is 2.22. The molecular formula is C12H12ClN3. The van der Waals surface area contributed by atoms with Gasteiger partial charge in [0.2, 0.25) is 0 Å². The van der Waals surface area contributed by atoms with Crippen molar-refractivity contribution in [3.8, 4) is 11.3 Å². The molecule has 1 heterocycles. The summed E-state index contributed by atoms with van der Waals surface area (Å²) >= 11 is 5.97. The van der Waals surface area contributed by atoms with Crippen molar-refractivity contribution in [2.75, 3.05) is 6.54 Å². The number of aromatic amines is 1. The predicted octanol–water partition coefficient (Wildman–Crippen LogP) is 2.14. The molecule has 0 unspecified atom stereocenters. The SMILES string of the molecule is NCCc1nc2c([nH]1)Cc1cc(Cl)ccc1-2. The molecule has 82 valence electrons. The number of hydrogen-bond acceptors (Lipinski definition) is 2. The summed E-state index contributed by atoms with van der Waals surface area (Å²) in [5.74, 6) is 0.980. The van der Waals surface area contributed by atoms with Gasteiger partial charge >= 0.3 is 0 Å². The van der Waals surface area contributed by atoms with Crippen molar-refractivity contribution in [3.05, 3.63) is 40.3 Å². The Balaban J connectivity index is 2.06. The number of hydrogen-bond donors (Lipinski definition) is 2. The number of fused-ring (bicyclic) bond motifs is 3. The highest BCUT2D eigenvalue weighted by atomic mass is 35.5. The molecule has 3 N–H and O–H groups in total. The highest BCUT2D eigenvalue weighted by molar-refractivity contribution is 6.30. The van der Waals surface area contributed by atoms with Crippen LogP contribution in [0.15, 0.2) is 18.2 Å². The van der Waals surface area contributed by atoms with Gasteiger partial charge in [-0.1, -0.05) is 17.7 Å². The molecule has 3 rings (SSSR count). The Morgan fingerprint density at radius 1 is 1.44 bits per heavy atom. The van der Waals surface area contributed by atoms with E-state index in [2.05, 4.69) is 9.97 Å². The van der Waals surface area contributed by atoms with Crippen LogP contribution in [0, 0.1) is 0 Å².